The van der Waals surface area contributed by atoms with Gasteiger partial charge in [-0.25, -0.2) is 9.78 Å². The lowest BCUT2D eigenvalue weighted by atomic mass is 10.2. The van der Waals surface area contributed by atoms with Gasteiger partial charge in [0.25, 0.3) is 5.91 Å². The molecule has 1 atom stereocenters. The molecule has 2 heterocycles. The van der Waals surface area contributed by atoms with Crippen LogP contribution in [0.2, 0.25) is 0 Å². The highest BCUT2D eigenvalue weighted by Gasteiger charge is 2.33. The monoisotopic (exact) mass is 333 g/mol. The average molecular weight is 333 g/mol. The fraction of sp³-hybridized carbons (Fsp3) is 0.267. The number of carbonyl (C=O) groups excluding carboxylic acids is 2. The van der Waals surface area contributed by atoms with Gasteiger partial charge in [-0.15, -0.1) is 23.1 Å². The van der Waals surface area contributed by atoms with E-state index in [0.29, 0.717) is 11.4 Å². The molecule has 5 nitrogen and oxygen atoms in total. The molecule has 0 unspecified atom stereocenters. The number of aromatic nitrogens is 1. The van der Waals surface area contributed by atoms with E-state index in [4.69, 9.17) is 0 Å². The maximum absolute atomic E-state index is 12.4. The first-order chi connectivity index (χ1) is 10.6. The number of thiazole rings is 1. The van der Waals surface area contributed by atoms with Gasteiger partial charge in [0.15, 0.2) is 0 Å². The summed E-state index contributed by atoms with van der Waals surface area (Å²) in [7, 11) is 0. The molecule has 1 fully saturated rings. The third-order valence-electron chi connectivity index (χ3n) is 3.32. The maximum atomic E-state index is 12.4. The number of imide groups is 1. The van der Waals surface area contributed by atoms with Crippen LogP contribution in [-0.4, -0.2) is 33.5 Å². The molecule has 7 heteroatoms. The highest BCUT2D eigenvalue weighted by molar-refractivity contribution is 7.99. The molecular weight excluding hydrogens is 318 g/mol. The Morgan fingerprint density at radius 3 is 2.77 bits per heavy atom. The zero-order valence-electron chi connectivity index (χ0n) is 12.0. The Balaban J connectivity index is 1.70. The maximum Gasteiger partial charge on any atom is 0.325 e. The third-order valence-corrected chi connectivity index (χ3v) is 5.40. The number of benzene rings is 1. The van der Waals surface area contributed by atoms with Crippen LogP contribution in [0.25, 0.3) is 0 Å². The van der Waals surface area contributed by atoms with E-state index in [1.54, 1.807) is 52.3 Å². The van der Waals surface area contributed by atoms with Gasteiger partial charge in [0.2, 0.25) is 0 Å². The summed E-state index contributed by atoms with van der Waals surface area (Å²) in [6, 6.07) is 8.31. The van der Waals surface area contributed by atoms with E-state index in [1.807, 2.05) is 18.4 Å². The van der Waals surface area contributed by atoms with Gasteiger partial charge in [-0.05, 0) is 19.1 Å². The minimum atomic E-state index is -0.378. The molecule has 0 aliphatic carbocycles. The number of rotatable bonds is 2. The summed E-state index contributed by atoms with van der Waals surface area (Å²) in [6.45, 7) is 1.94. The molecule has 0 spiro atoms. The van der Waals surface area contributed by atoms with Crippen LogP contribution < -0.4 is 5.32 Å². The van der Waals surface area contributed by atoms with Crippen LogP contribution in [0, 0.1) is 6.92 Å². The SMILES string of the molecule is Cc1csc([C@H]2CSCN2C(=O)NC(=O)c2ccccc2)n1. The smallest absolute Gasteiger partial charge is 0.305 e. The van der Waals surface area contributed by atoms with Crippen LogP contribution in [0.4, 0.5) is 4.79 Å². The summed E-state index contributed by atoms with van der Waals surface area (Å²) < 4.78 is 0. The number of nitrogens with zero attached hydrogens (tertiary/aromatic N) is 2. The van der Waals surface area contributed by atoms with Gasteiger partial charge in [-0.1, -0.05) is 18.2 Å². The molecule has 3 amide bonds. The number of urea groups is 1. The fourth-order valence-corrected chi connectivity index (χ4v) is 4.38. The Kier molecular flexibility index (Phi) is 4.44. The van der Waals surface area contributed by atoms with E-state index in [-0.39, 0.29) is 18.0 Å². The molecule has 2 aromatic rings. The molecule has 0 saturated carbocycles. The summed E-state index contributed by atoms with van der Waals surface area (Å²) in [6.07, 6.45) is 0. The molecule has 1 aliphatic heterocycles. The normalized spacial score (nSPS) is 17.5. The van der Waals surface area contributed by atoms with Crippen LogP contribution in [0.5, 0.6) is 0 Å². The second-order valence-electron chi connectivity index (χ2n) is 4.94. The second-order valence-corrected chi connectivity index (χ2v) is 6.83. The molecule has 1 aliphatic rings. The number of carbonyl (C=O) groups is 2. The van der Waals surface area contributed by atoms with Crippen molar-refractivity contribution in [1.82, 2.24) is 15.2 Å². The Bertz CT molecular complexity index is 687. The van der Waals surface area contributed by atoms with Crippen LogP contribution in [-0.2, 0) is 0 Å². The third kappa shape index (κ3) is 3.15. The molecule has 1 aromatic heterocycles. The van der Waals surface area contributed by atoms with Crippen LogP contribution in [0.3, 0.4) is 0 Å². The first kappa shape index (κ1) is 15.1. The van der Waals surface area contributed by atoms with Crippen molar-refractivity contribution >= 4 is 35.0 Å². The zero-order chi connectivity index (χ0) is 15.5. The van der Waals surface area contributed by atoms with Crippen molar-refractivity contribution in [2.24, 2.45) is 0 Å². The molecule has 0 bridgehead atoms. The van der Waals surface area contributed by atoms with Crippen molar-refractivity contribution in [3.05, 3.63) is 52.0 Å². The predicted octanol–water partition coefficient (Wildman–Crippen LogP) is 3.05. The quantitative estimate of drug-likeness (QED) is 0.917. The first-order valence-electron chi connectivity index (χ1n) is 6.82. The molecule has 1 N–H and O–H groups in total. The van der Waals surface area contributed by atoms with E-state index < -0.39 is 0 Å². The van der Waals surface area contributed by atoms with Crippen LogP contribution in [0.1, 0.15) is 27.1 Å². The van der Waals surface area contributed by atoms with Gasteiger partial charge >= 0.3 is 6.03 Å². The lowest BCUT2D eigenvalue weighted by molar-refractivity contribution is 0.0951. The molecular formula is C15H15N3O2S2. The van der Waals surface area contributed by atoms with Crippen LogP contribution >= 0.6 is 23.1 Å². The lowest BCUT2D eigenvalue weighted by Crippen LogP contribution is -2.42. The van der Waals surface area contributed by atoms with Gasteiger partial charge in [-0.2, -0.15) is 0 Å². The van der Waals surface area contributed by atoms with Gasteiger partial charge < -0.3 is 4.90 Å². The number of thioether (sulfide) groups is 1. The predicted molar refractivity (Wildman–Crippen MR) is 88.1 cm³/mol. The Morgan fingerprint density at radius 1 is 1.32 bits per heavy atom. The summed E-state index contributed by atoms with van der Waals surface area (Å²) in [4.78, 5) is 30.6. The van der Waals surface area contributed by atoms with E-state index in [0.717, 1.165) is 16.5 Å². The minimum absolute atomic E-state index is 0.0627. The van der Waals surface area contributed by atoms with Gasteiger partial charge in [0.05, 0.1) is 11.9 Å². The summed E-state index contributed by atoms with van der Waals surface area (Å²) in [5.41, 5.74) is 1.43. The topological polar surface area (TPSA) is 62.3 Å². The fourth-order valence-electron chi connectivity index (χ4n) is 2.20. The number of hydrogen-bond donors (Lipinski definition) is 1. The molecule has 1 aromatic carbocycles. The second kappa shape index (κ2) is 6.50. The van der Waals surface area contributed by atoms with E-state index in [1.165, 1.54) is 0 Å². The van der Waals surface area contributed by atoms with Crippen molar-refractivity contribution in [1.29, 1.82) is 0 Å². The summed E-state index contributed by atoms with van der Waals surface area (Å²) >= 11 is 3.22. The lowest BCUT2D eigenvalue weighted by Gasteiger charge is -2.22. The van der Waals surface area contributed by atoms with Gasteiger partial charge in [0.1, 0.15) is 5.01 Å². The number of nitrogens with one attached hydrogen (secondary N) is 1. The highest BCUT2D eigenvalue weighted by Crippen LogP contribution is 2.34. The van der Waals surface area contributed by atoms with E-state index in [2.05, 4.69) is 10.3 Å². The van der Waals surface area contributed by atoms with Gasteiger partial charge in [0, 0.05) is 22.4 Å². The van der Waals surface area contributed by atoms with E-state index in [9.17, 15) is 9.59 Å². The zero-order valence-corrected chi connectivity index (χ0v) is 13.6. The summed E-state index contributed by atoms with van der Waals surface area (Å²) in [5, 5.41) is 5.35. The number of hydrogen-bond acceptors (Lipinski definition) is 5. The highest BCUT2D eigenvalue weighted by atomic mass is 32.2. The van der Waals surface area contributed by atoms with Crippen molar-refractivity contribution in [3.8, 4) is 0 Å². The number of amides is 3. The largest absolute Gasteiger partial charge is 0.325 e. The standard InChI is InChI=1S/C15H15N3O2S2/c1-10-7-22-14(16-10)12-8-21-9-18(12)15(20)17-13(19)11-5-3-2-4-6-11/h2-7,12H,8-9H2,1H3,(H,17,19,20)/t12-/m1/s1. The van der Waals surface area contributed by atoms with E-state index >= 15 is 0 Å². The molecule has 22 heavy (non-hydrogen) atoms. The van der Waals surface area contributed by atoms with Gasteiger partial charge in [-0.3, -0.25) is 10.1 Å². The van der Waals surface area contributed by atoms with Crippen molar-refractivity contribution in [2.45, 2.75) is 13.0 Å². The molecule has 1 saturated heterocycles. The molecule has 3 rings (SSSR count). The Morgan fingerprint density at radius 2 is 2.09 bits per heavy atom. The van der Waals surface area contributed by atoms with Crippen LogP contribution in [0.15, 0.2) is 35.7 Å². The summed E-state index contributed by atoms with van der Waals surface area (Å²) in [5.74, 6) is 0.994. The van der Waals surface area contributed by atoms with Crippen molar-refractivity contribution in [3.63, 3.8) is 0 Å². The molecule has 114 valence electrons. The Labute approximate surface area is 136 Å². The number of aryl methyl sites for hydroxylation is 1. The first-order valence-corrected chi connectivity index (χ1v) is 8.85. The Hall–Kier alpha value is -1.86. The van der Waals surface area contributed by atoms with Crippen molar-refractivity contribution in [2.75, 3.05) is 11.6 Å². The average Bonchev–Trinajstić information content (AvgIpc) is 3.16. The molecule has 0 radical (unpaired) electrons. The van der Waals surface area contributed by atoms with Crippen molar-refractivity contribution < 1.29 is 9.59 Å². The minimum Gasteiger partial charge on any atom is -0.305 e.